The number of carbonyl (C=O) groups excluding carboxylic acids is 1. The number of esters is 1. The van der Waals surface area contributed by atoms with Gasteiger partial charge in [-0.2, -0.15) is 0 Å². The van der Waals surface area contributed by atoms with E-state index in [2.05, 4.69) is 10.3 Å². The topological polar surface area (TPSA) is 60.5 Å². The van der Waals surface area contributed by atoms with Gasteiger partial charge in [-0.05, 0) is 12.1 Å². The van der Waals surface area contributed by atoms with Crippen LogP contribution in [0.5, 0.6) is 5.75 Å². The predicted octanol–water partition coefficient (Wildman–Crippen LogP) is 2.59. The van der Waals surface area contributed by atoms with Crippen molar-refractivity contribution < 1.29 is 14.3 Å². The largest absolute Gasteiger partial charge is 0.486 e. The van der Waals surface area contributed by atoms with Gasteiger partial charge < -0.3 is 14.8 Å². The minimum atomic E-state index is -0.327. The highest BCUT2D eigenvalue weighted by molar-refractivity contribution is 6.31. The molecule has 1 aliphatic heterocycles. The van der Waals surface area contributed by atoms with Gasteiger partial charge in [-0.15, -0.1) is 12.4 Å². The summed E-state index contributed by atoms with van der Waals surface area (Å²) in [6.07, 6.45) is 0.421. The van der Waals surface area contributed by atoms with Gasteiger partial charge >= 0.3 is 5.97 Å². The molecule has 3 rings (SSSR count). The van der Waals surface area contributed by atoms with Crippen molar-refractivity contribution in [3.8, 4) is 5.75 Å². The lowest BCUT2D eigenvalue weighted by molar-refractivity contribution is -0.142. The number of nitrogens with one attached hydrogen (secondary N) is 1. The smallest absolute Gasteiger partial charge is 0.323 e. The van der Waals surface area contributed by atoms with E-state index in [0.717, 1.165) is 10.9 Å². The Morgan fingerprint density at radius 2 is 2.18 bits per heavy atom. The summed E-state index contributed by atoms with van der Waals surface area (Å²) in [6.45, 7) is 0.572. The second-order valence-electron chi connectivity index (χ2n) is 4.93. The summed E-state index contributed by atoms with van der Waals surface area (Å²) in [7, 11) is 1.38. The molecule has 0 saturated carbocycles. The Morgan fingerprint density at radius 3 is 2.95 bits per heavy atom. The average Bonchev–Trinajstić information content (AvgIpc) is 2.96. The summed E-state index contributed by atoms with van der Waals surface area (Å²) < 4.78 is 10.6. The monoisotopic (exact) mass is 342 g/mol. The molecule has 2 aromatic rings. The van der Waals surface area contributed by atoms with Crippen LogP contribution in [0.2, 0.25) is 5.15 Å². The maximum absolute atomic E-state index is 11.5. The number of ether oxygens (including phenoxy) is 2. The highest BCUT2D eigenvalue weighted by Crippen LogP contribution is 2.29. The molecule has 0 aliphatic carbocycles. The van der Waals surface area contributed by atoms with E-state index >= 15 is 0 Å². The van der Waals surface area contributed by atoms with Gasteiger partial charge in [0.15, 0.2) is 10.9 Å². The molecule has 22 heavy (non-hydrogen) atoms. The predicted molar refractivity (Wildman–Crippen MR) is 86.8 cm³/mol. The first kappa shape index (κ1) is 16.8. The standard InChI is InChI=1S/C15H15ClN2O3.ClH/c1-20-15(19)12-7-10(8-17-12)21-13-6-9-4-2-3-5-11(9)18-14(13)16;/h2-6,10,12,17H,7-8H2,1H3;1H/t10-,12+;/m1./s1. The first-order valence-electron chi connectivity index (χ1n) is 6.70. The van der Waals surface area contributed by atoms with Crippen LogP contribution in [0.3, 0.4) is 0 Å². The van der Waals surface area contributed by atoms with Gasteiger partial charge in [0, 0.05) is 18.4 Å². The quantitative estimate of drug-likeness (QED) is 0.686. The molecule has 1 aromatic heterocycles. The third-order valence-electron chi connectivity index (χ3n) is 3.52. The lowest BCUT2D eigenvalue weighted by Crippen LogP contribution is -2.31. The molecule has 0 amide bonds. The molecule has 0 bridgehead atoms. The summed E-state index contributed by atoms with van der Waals surface area (Å²) in [5, 5.41) is 4.37. The van der Waals surface area contributed by atoms with Crippen LogP contribution in [0.4, 0.5) is 0 Å². The van der Waals surface area contributed by atoms with Crippen molar-refractivity contribution in [1.82, 2.24) is 10.3 Å². The summed E-state index contributed by atoms with van der Waals surface area (Å²) in [5.74, 6) is 0.261. The van der Waals surface area contributed by atoms with E-state index in [4.69, 9.17) is 21.1 Å². The molecule has 0 unspecified atom stereocenters. The molecule has 0 radical (unpaired) electrons. The Hall–Kier alpha value is -1.56. The van der Waals surface area contributed by atoms with Crippen LogP contribution >= 0.6 is 24.0 Å². The van der Waals surface area contributed by atoms with Gasteiger partial charge in [-0.1, -0.05) is 29.8 Å². The minimum absolute atomic E-state index is 0. The zero-order valence-electron chi connectivity index (χ0n) is 11.9. The van der Waals surface area contributed by atoms with E-state index in [0.29, 0.717) is 23.9 Å². The van der Waals surface area contributed by atoms with Crippen molar-refractivity contribution >= 4 is 40.9 Å². The molecular weight excluding hydrogens is 327 g/mol. The van der Waals surface area contributed by atoms with Crippen LogP contribution in [0.25, 0.3) is 10.9 Å². The number of fused-ring (bicyclic) bond motifs is 1. The molecule has 1 N–H and O–H groups in total. The summed E-state index contributed by atoms with van der Waals surface area (Å²) in [6, 6.07) is 9.24. The number of hydrogen-bond acceptors (Lipinski definition) is 5. The molecule has 2 atom stereocenters. The highest BCUT2D eigenvalue weighted by Gasteiger charge is 2.31. The zero-order chi connectivity index (χ0) is 14.8. The van der Waals surface area contributed by atoms with E-state index in [-0.39, 0.29) is 30.5 Å². The van der Waals surface area contributed by atoms with Crippen molar-refractivity contribution in [3.63, 3.8) is 0 Å². The van der Waals surface area contributed by atoms with Crippen LogP contribution in [-0.2, 0) is 9.53 Å². The van der Waals surface area contributed by atoms with Crippen LogP contribution < -0.4 is 10.1 Å². The van der Waals surface area contributed by atoms with E-state index in [9.17, 15) is 4.79 Å². The van der Waals surface area contributed by atoms with Crippen LogP contribution in [0.1, 0.15) is 6.42 Å². The molecule has 7 heteroatoms. The fourth-order valence-electron chi connectivity index (χ4n) is 2.45. The van der Waals surface area contributed by atoms with Crippen molar-refractivity contribution in [3.05, 3.63) is 35.5 Å². The summed E-state index contributed by atoms with van der Waals surface area (Å²) in [5.41, 5.74) is 0.826. The average molecular weight is 343 g/mol. The number of para-hydroxylation sites is 1. The number of carbonyl (C=O) groups is 1. The second-order valence-corrected chi connectivity index (χ2v) is 5.29. The molecule has 1 fully saturated rings. The van der Waals surface area contributed by atoms with Crippen molar-refractivity contribution in [2.75, 3.05) is 13.7 Å². The number of pyridine rings is 1. The van der Waals surface area contributed by atoms with Gasteiger partial charge in [0.25, 0.3) is 0 Å². The Bertz CT molecular complexity index is 681. The van der Waals surface area contributed by atoms with Crippen LogP contribution in [0, 0.1) is 0 Å². The second kappa shape index (κ2) is 7.13. The third kappa shape index (κ3) is 3.43. The van der Waals surface area contributed by atoms with Crippen molar-refractivity contribution in [2.45, 2.75) is 18.6 Å². The van der Waals surface area contributed by atoms with Gasteiger partial charge in [0.1, 0.15) is 12.1 Å². The first-order chi connectivity index (χ1) is 10.2. The molecule has 1 saturated heterocycles. The van der Waals surface area contributed by atoms with Crippen molar-refractivity contribution in [1.29, 1.82) is 0 Å². The Kier molecular flexibility index (Phi) is 5.45. The number of hydrogen-bond donors (Lipinski definition) is 1. The van der Waals surface area contributed by atoms with E-state index in [1.54, 1.807) is 0 Å². The number of nitrogens with zero attached hydrogens (tertiary/aromatic N) is 1. The highest BCUT2D eigenvalue weighted by atomic mass is 35.5. The Morgan fingerprint density at radius 1 is 1.41 bits per heavy atom. The SMILES string of the molecule is COC(=O)[C@@H]1C[C@@H](Oc2cc3ccccc3nc2Cl)CN1.Cl. The first-order valence-corrected chi connectivity index (χ1v) is 7.08. The minimum Gasteiger partial charge on any atom is -0.486 e. The van der Waals surface area contributed by atoms with Crippen LogP contribution in [0.15, 0.2) is 30.3 Å². The number of benzene rings is 1. The number of rotatable bonds is 3. The van der Waals surface area contributed by atoms with Crippen molar-refractivity contribution in [2.24, 2.45) is 0 Å². The molecule has 1 aromatic carbocycles. The molecule has 0 spiro atoms. The lowest BCUT2D eigenvalue weighted by atomic mass is 10.2. The lowest BCUT2D eigenvalue weighted by Gasteiger charge is -2.14. The normalized spacial score (nSPS) is 20.5. The van der Waals surface area contributed by atoms with Gasteiger partial charge in [-0.25, -0.2) is 4.98 Å². The van der Waals surface area contributed by atoms with Gasteiger partial charge in [0.2, 0.25) is 0 Å². The fourth-order valence-corrected chi connectivity index (χ4v) is 2.64. The van der Waals surface area contributed by atoms with Gasteiger partial charge in [-0.3, -0.25) is 4.79 Å². The van der Waals surface area contributed by atoms with E-state index in [1.807, 2.05) is 30.3 Å². The summed E-state index contributed by atoms with van der Waals surface area (Å²) in [4.78, 5) is 15.8. The molecular formula is C15H16Cl2N2O3. The molecule has 118 valence electrons. The molecule has 2 heterocycles. The Balaban J connectivity index is 0.00000176. The zero-order valence-corrected chi connectivity index (χ0v) is 13.5. The Labute approximate surface area is 139 Å². The number of aromatic nitrogens is 1. The molecule has 5 nitrogen and oxygen atoms in total. The van der Waals surface area contributed by atoms with Crippen LogP contribution in [-0.4, -0.2) is 36.8 Å². The number of methoxy groups -OCH3 is 1. The van der Waals surface area contributed by atoms with E-state index < -0.39 is 0 Å². The maximum atomic E-state index is 11.5. The summed E-state index contributed by atoms with van der Waals surface area (Å²) >= 11 is 6.16. The van der Waals surface area contributed by atoms with E-state index in [1.165, 1.54) is 7.11 Å². The fraction of sp³-hybridized carbons (Fsp3) is 0.333. The van der Waals surface area contributed by atoms with Gasteiger partial charge in [0.05, 0.1) is 12.6 Å². The third-order valence-corrected chi connectivity index (χ3v) is 3.79. The molecule has 1 aliphatic rings. The number of halogens is 2. The maximum Gasteiger partial charge on any atom is 0.323 e.